The summed E-state index contributed by atoms with van der Waals surface area (Å²) in [6.07, 6.45) is 0.218. The van der Waals surface area contributed by atoms with Crippen LogP contribution in [-0.2, 0) is 9.59 Å². The van der Waals surface area contributed by atoms with Crippen molar-refractivity contribution in [1.82, 2.24) is 30.1 Å². The molecule has 0 radical (unpaired) electrons. The van der Waals surface area contributed by atoms with Crippen LogP contribution in [0, 0.1) is 6.92 Å². The van der Waals surface area contributed by atoms with Gasteiger partial charge in [0.1, 0.15) is 6.04 Å². The number of nitrogens with one attached hydrogen (secondary N) is 3. The van der Waals surface area contributed by atoms with E-state index < -0.39 is 29.7 Å². The van der Waals surface area contributed by atoms with Gasteiger partial charge in [-0.1, -0.05) is 36.4 Å². The largest absolute Gasteiger partial charge is 0.369 e. The quantitative estimate of drug-likeness (QED) is 0.167. The molecule has 6 heterocycles. The SMILES string of the molecule is CC(=O)c1c(C)[nH]c(-c2nc3ccc(N4CCN(C5CN(c6cccc7c6C(=O)N(C6CCC(=O)NC6=O)C7=O)C5)CC4)cc3[nH]2)c1-c1ccccc1. The number of carbonyl (C=O) groups excluding carboxylic acids is 5. The van der Waals surface area contributed by atoms with Crippen LogP contribution in [0.2, 0.25) is 0 Å². The van der Waals surface area contributed by atoms with Crippen molar-refractivity contribution in [2.24, 2.45) is 0 Å². The summed E-state index contributed by atoms with van der Waals surface area (Å²) in [7, 11) is 0. The molecule has 3 aromatic carbocycles. The predicted molar refractivity (Wildman–Crippen MR) is 199 cm³/mol. The van der Waals surface area contributed by atoms with Crippen LogP contribution in [0.1, 0.15) is 56.5 Å². The summed E-state index contributed by atoms with van der Waals surface area (Å²) in [5.74, 6) is -1.28. The summed E-state index contributed by atoms with van der Waals surface area (Å²) in [4.78, 5) is 83.7. The number of benzene rings is 3. The molecule has 0 saturated carbocycles. The highest BCUT2D eigenvalue weighted by molar-refractivity contribution is 6.25. The number of piperidine rings is 1. The fourth-order valence-electron chi connectivity index (χ4n) is 8.44. The number of fused-ring (bicyclic) bond motifs is 2. The second kappa shape index (κ2) is 12.6. The van der Waals surface area contributed by atoms with Crippen LogP contribution in [-0.4, -0.2) is 106 Å². The molecule has 2 aromatic heterocycles. The van der Waals surface area contributed by atoms with Crippen LogP contribution in [0.4, 0.5) is 11.4 Å². The molecule has 9 rings (SSSR count). The van der Waals surface area contributed by atoms with Crippen molar-refractivity contribution in [2.75, 3.05) is 49.1 Å². The van der Waals surface area contributed by atoms with Crippen molar-refractivity contribution in [2.45, 2.75) is 38.8 Å². The van der Waals surface area contributed by atoms with Gasteiger partial charge >= 0.3 is 0 Å². The number of aromatic amines is 2. The predicted octanol–water partition coefficient (Wildman–Crippen LogP) is 4.15. The van der Waals surface area contributed by atoms with Gasteiger partial charge in [0.15, 0.2) is 11.6 Å². The first-order valence-electron chi connectivity index (χ1n) is 18.0. The van der Waals surface area contributed by atoms with Crippen molar-refractivity contribution < 1.29 is 24.0 Å². The maximum Gasteiger partial charge on any atom is 0.264 e. The van der Waals surface area contributed by atoms with Crippen LogP contribution in [0.15, 0.2) is 66.7 Å². The Morgan fingerprint density at radius 2 is 1.60 bits per heavy atom. The molecule has 4 amide bonds. The van der Waals surface area contributed by atoms with Crippen LogP contribution >= 0.6 is 0 Å². The highest BCUT2D eigenvalue weighted by Gasteiger charge is 2.47. The van der Waals surface area contributed by atoms with E-state index in [-0.39, 0.29) is 18.6 Å². The van der Waals surface area contributed by atoms with Gasteiger partial charge in [-0.15, -0.1) is 0 Å². The maximum atomic E-state index is 13.6. The van der Waals surface area contributed by atoms with E-state index in [2.05, 4.69) is 42.1 Å². The van der Waals surface area contributed by atoms with E-state index in [0.29, 0.717) is 34.2 Å². The number of ketones is 1. The Morgan fingerprint density at radius 3 is 2.34 bits per heavy atom. The molecule has 0 aliphatic carbocycles. The Morgan fingerprint density at radius 1 is 0.830 bits per heavy atom. The fourth-order valence-corrected chi connectivity index (χ4v) is 8.44. The van der Waals surface area contributed by atoms with Gasteiger partial charge in [0.05, 0.1) is 33.5 Å². The molecular formula is C40H38N8O5. The van der Waals surface area contributed by atoms with Gasteiger partial charge in [-0.05, 0) is 56.2 Å². The Hall–Kier alpha value is -6.08. The molecule has 3 fully saturated rings. The van der Waals surface area contributed by atoms with Crippen molar-refractivity contribution >= 4 is 51.8 Å². The number of rotatable bonds is 7. The topological polar surface area (TPSA) is 155 Å². The average molecular weight is 711 g/mol. The van der Waals surface area contributed by atoms with Crippen LogP contribution in [0.25, 0.3) is 33.7 Å². The molecule has 3 N–H and O–H groups in total. The van der Waals surface area contributed by atoms with Crippen LogP contribution < -0.4 is 15.1 Å². The molecule has 1 atom stereocenters. The number of piperazine rings is 1. The third-order valence-electron chi connectivity index (χ3n) is 11.1. The zero-order valence-electron chi connectivity index (χ0n) is 29.4. The van der Waals surface area contributed by atoms with E-state index >= 15 is 0 Å². The summed E-state index contributed by atoms with van der Waals surface area (Å²) in [6.45, 7) is 8.45. The zero-order chi connectivity index (χ0) is 36.5. The van der Waals surface area contributed by atoms with Gasteiger partial charge in [0.25, 0.3) is 11.8 Å². The van der Waals surface area contributed by atoms with Crippen molar-refractivity contribution in [3.05, 3.63) is 89.1 Å². The summed E-state index contributed by atoms with van der Waals surface area (Å²) >= 11 is 0. The van der Waals surface area contributed by atoms with E-state index in [1.54, 1.807) is 19.1 Å². The van der Waals surface area contributed by atoms with Crippen LogP contribution in [0.5, 0.6) is 0 Å². The molecule has 0 bridgehead atoms. The lowest BCUT2D eigenvalue weighted by Crippen LogP contribution is -2.63. The Balaban J connectivity index is 0.868. The fraction of sp³-hybridized carbons (Fsp3) is 0.300. The Labute approximate surface area is 304 Å². The highest BCUT2D eigenvalue weighted by atomic mass is 16.2. The van der Waals surface area contributed by atoms with Gasteiger partial charge < -0.3 is 19.8 Å². The van der Waals surface area contributed by atoms with E-state index in [9.17, 15) is 24.0 Å². The minimum atomic E-state index is -0.985. The first-order chi connectivity index (χ1) is 25.7. The number of hydrogen-bond donors (Lipinski definition) is 3. The molecule has 13 heteroatoms. The third kappa shape index (κ3) is 5.41. The van der Waals surface area contributed by atoms with Gasteiger partial charge in [-0.2, -0.15) is 0 Å². The number of anilines is 2. The Bertz CT molecular complexity index is 2350. The number of aryl methyl sites for hydroxylation is 1. The molecule has 4 aliphatic heterocycles. The monoisotopic (exact) mass is 710 g/mol. The number of nitrogens with zero attached hydrogens (tertiary/aromatic N) is 5. The second-order valence-corrected chi connectivity index (χ2v) is 14.3. The molecule has 53 heavy (non-hydrogen) atoms. The van der Waals surface area contributed by atoms with Gasteiger partial charge in [-0.3, -0.25) is 39.1 Å². The number of imide groups is 2. The summed E-state index contributed by atoms with van der Waals surface area (Å²) < 4.78 is 0. The molecule has 5 aromatic rings. The lowest BCUT2D eigenvalue weighted by molar-refractivity contribution is -0.136. The molecule has 13 nitrogen and oxygen atoms in total. The standard InChI is InChI=1S/C40H38N8O5/c1-22-33(23(2)49)34(24-7-4-3-5-8-24)36(41-22)37-42-28-12-11-25(19-29(28)43-37)45-15-17-46(18-16-45)26-20-47(21-26)30-10-6-9-27-35(30)40(53)48(39(27)52)31-13-14-32(50)44-38(31)51/h3-12,19,26,31,41H,13-18,20-21H2,1-2H3,(H,42,43)(H,44,50,51). The minimum absolute atomic E-state index is 0.00420. The third-order valence-corrected chi connectivity index (χ3v) is 11.1. The number of aromatic nitrogens is 3. The smallest absolute Gasteiger partial charge is 0.264 e. The van der Waals surface area contributed by atoms with E-state index in [1.807, 2.05) is 49.4 Å². The number of amides is 4. The summed E-state index contributed by atoms with van der Waals surface area (Å²) in [6, 6.07) is 20.8. The van der Waals surface area contributed by atoms with Crippen molar-refractivity contribution in [3.8, 4) is 22.6 Å². The molecule has 268 valence electrons. The van der Waals surface area contributed by atoms with Crippen molar-refractivity contribution in [1.29, 1.82) is 0 Å². The van der Waals surface area contributed by atoms with Crippen LogP contribution in [0.3, 0.4) is 0 Å². The molecule has 3 saturated heterocycles. The first kappa shape index (κ1) is 32.8. The Kier molecular flexibility index (Phi) is 7.77. The second-order valence-electron chi connectivity index (χ2n) is 14.3. The van der Waals surface area contributed by atoms with Gasteiger partial charge in [0, 0.05) is 74.2 Å². The molecule has 1 unspecified atom stereocenters. The van der Waals surface area contributed by atoms with Gasteiger partial charge in [-0.25, -0.2) is 4.98 Å². The average Bonchev–Trinajstić information content (AvgIpc) is 3.80. The normalized spacial score (nSPS) is 19.6. The number of imidazole rings is 1. The van der Waals surface area contributed by atoms with E-state index in [4.69, 9.17) is 4.98 Å². The summed E-state index contributed by atoms with van der Waals surface area (Å²) in [5, 5.41) is 2.26. The number of H-pyrrole nitrogens is 2. The lowest BCUT2D eigenvalue weighted by Gasteiger charge is -2.49. The molecule has 4 aliphatic rings. The van der Waals surface area contributed by atoms with E-state index in [0.717, 1.165) is 83.4 Å². The number of carbonyl (C=O) groups is 5. The number of hydrogen-bond acceptors (Lipinski definition) is 9. The first-order valence-corrected chi connectivity index (χ1v) is 18.0. The zero-order valence-corrected chi connectivity index (χ0v) is 29.4. The molecule has 0 spiro atoms. The van der Waals surface area contributed by atoms with Gasteiger partial charge in [0.2, 0.25) is 11.8 Å². The minimum Gasteiger partial charge on any atom is -0.369 e. The summed E-state index contributed by atoms with van der Waals surface area (Å²) in [5.41, 5.74) is 8.32. The van der Waals surface area contributed by atoms with Crippen molar-refractivity contribution in [3.63, 3.8) is 0 Å². The highest BCUT2D eigenvalue weighted by Crippen LogP contribution is 2.38. The lowest BCUT2D eigenvalue weighted by atomic mass is 9.98. The number of Topliss-reactive ketones (excluding diaryl/α,β-unsaturated/α-hetero) is 1. The molecular weight excluding hydrogens is 672 g/mol. The maximum absolute atomic E-state index is 13.6. The van der Waals surface area contributed by atoms with E-state index in [1.165, 1.54) is 0 Å².